The molecule has 3 N–H and O–H groups in total. The fourth-order valence-electron chi connectivity index (χ4n) is 3.74. The Balaban J connectivity index is 0.00000171. The number of nitrogens with one attached hydrogen (secondary N) is 3. The summed E-state index contributed by atoms with van der Waals surface area (Å²) in [6.45, 7) is 0. The molecule has 0 amide bonds. The molecule has 0 atom stereocenters. The van der Waals surface area contributed by atoms with E-state index >= 15 is 0 Å². The lowest BCUT2D eigenvalue weighted by atomic mass is 10.0. The topological polar surface area (TPSA) is 73.2 Å². The van der Waals surface area contributed by atoms with Crippen molar-refractivity contribution in [1.82, 2.24) is 24.9 Å². The Kier molecular flexibility index (Phi) is 3.55. The highest BCUT2D eigenvalue weighted by Gasteiger charge is 2.10. The van der Waals surface area contributed by atoms with E-state index < -0.39 is 0 Å². The summed E-state index contributed by atoms with van der Waals surface area (Å²) in [5, 5.41) is 2.32. The van der Waals surface area contributed by atoms with Gasteiger partial charge in [-0.15, -0.1) is 0 Å². The molecule has 0 saturated carbocycles. The van der Waals surface area contributed by atoms with E-state index in [0.29, 0.717) is 0 Å². The summed E-state index contributed by atoms with van der Waals surface area (Å²) in [4.78, 5) is 18.6. The zero-order valence-electron chi connectivity index (χ0n) is 14.3. The van der Waals surface area contributed by atoms with E-state index in [-0.39, 0.29) is 7.43 Å². The number of imidazole rings is 1. The fourth-order valence-corrected chi connectivity index (χ4v) is 3.74. The van der Waals surface area contributed by atoms with Gasteiger partial charge in [0.05, 0.1) is 17.4 Å². The van der Waals surface area contributed by atoms with Gasteiger partial charge in [-0.1, -0.05) is 19.6 Å². The third-order valence-electron chi connectivity index (χ3n) is 5.15. The second-order valence-electron chi connectivity index (χ2n) is 6.74. The fraction of sp³-hybridized carbons (Fsp3) is 0.0435. The molecule has 4 heterocycles. The monoisotopic (exact) mass is 365 g/mol. The molecule has 0 aliphatic heterocycles. The predicted molar refractivity (Wildman–Crippen MR) is 115 cm³/mol. The van der Waals surface area contributed by atoms with Crippen molar-refractivity contribution in [1.29, 1.82) is 0 Å². The van der Waals surface area contributed by atoms with Crippen molar-refractivity contribution < 1.29 is 0 Å². The first kappa shape index (κ1) is 16.3. The number of hydrogen-bond acceptors (Lipinski definition) is 2. The van der Waals surface area contributed by atoms with Crippen LogP contribution in [0.3, 0.4) is 0 Å². The number of aromatic amines is 3. The minimum absolute atomic E-state index is 0. The van der Waals surface area contributed by atoms with Crippen LogP contribution in [0.2, 0.25) is 0 Å². The van der Waals surface area contributed by atoms with Gasteiger partial charge < -0.3 is 15.0 Å². The summed E-state index contributed by atoms with van der Waals surface area (Å²) in [5.74, 6) is 0. The second kappa shape index (κ2) is 6.09. The van der Waals surface area contributed by atoms with Crippen LogP contribution in [0, 0.1) is 0 Å². The van der Waals surface area contributed by atoms with E-state index in [2.05, 4.69) is 67.4 Å². The minimum Gasteiger partial charge on any atom is -0.361 e. The van der Waals surface area contributed by atoms with Crippen molar-refractivity contribution in [2.75, 3.05) is 0 Å². The van der Waals surface area contributed by atoms with Crippen LogP contribution >= 0.6 is 0 Å². The summed E-state index contributed by atoms with van der Waals surface area (Å²) in [5.41, 5.74) is 8.57. The quantitative estimate of drug-likeness (QED) is 0.358. The van der Waals surface area contributed by atoms with Crippen LogP contribution in [0.4, 0.5) is 0 Å². The molecule has 6 rings (SSSR count). The average molecular weight is 365 g/mol. The lowest BCUT2D eigenvalue weighted by molar-refractivity contribution is 1.33. The van der Waals surface area contributed by atoms with Crippen molar-refractivity contribution in [3.63, 3.8) is 0 Å². The SMILES string of the molecule is C.c1cc2cc(-c3c[nH]c4ncc(-c5ccc6nc[nH]c6c5)cc34)ccc2[nH]1. The highest BCUT2D eigenvalue weighted by molar-refractivity contribution is 5.98. The normalized spacial score (nSPS) is 11.3. The second-order valence-corrected chi connectivity index (χ2v) is 6.74. The number of hydrogen-bond donors (Lipinski definition) is 3. The third-order valence-corrected chi connectivity index (χ3v) is 5.15. The van der Waals surface area contributed by atoms with Gasteiger partial charge in [-0.05, 0) is 52.9 Å². The van der Waals surface area contributed by atoms with Gasteiger partial charge in [0.1, 0.15) is 5.65 Å². The van der Waals surface area contributed by atoms with Gasteiger partial charge in [-0.25, -0.2) is 9.97 Å². The molecule has 4 aromatic heterocycles. The van der Waals surface area contributed by atoms with Gasteiger partial charge in [0.15, 0.2) is 0 Å². The molecule has 0 spiro atoms. The molecule has 0 aliphatic rings. The van der Waals surface area contributed by atoms with Crippen molar-refractivity contribution in [2.45, 2.75) is 7.43 Å². The van der Waals surface area contributed by atoms with Gasteiger partial charge in [0.25, 0.3) is 0 Å². The molecule has 28 heavy (non-hydrogen) atoms. The molecule has 0 unspecified atom stereocenters. The molecular weight excluding hydrogens is 346 g/mol. The highest BCUT2D eigenvalue weighted by atomic mass is 14.9. The molecule has 136 valence electrons. The van der Waals surface area contributed by atoms with Gasteiger partial charge in [-0.2, -0.15) is 0 Å². The Morgan fingerprint density at radius 2 is 1.64 bits per heavy atom. The molecule has 5 nitrogen and oxygen atoms in total. The van der Waals surface area contributed by atoms with E-state index in [0.717, 1.165) is 44.3 Å². The van der Waals surface area contributed by atoms with Crippen molar-refractivity contribution >= 4 is 33.0 Å². The van der Waals surface area contributed by atoms with Crippen molar-refractivity contribution in [3.8, 4) is 22.3 Å². The number of H-pyrrole nitrogens is 3. The molecule has 2 aromatic carbocycles. The Morgan fingerprint density at radius 3 is 2.61 bits per heavy atom. The van der Waals surface area contributed by atoms with Crippen LogP contribution in [-0.2, 0) is 0 Å². The Hall–Kier alpha value is -3.86. The summed E-state index contributed by atoms with van der Waals surface area (Å²) in [6.07, 6.45) is 7.63. The van der Waals surface area contributed by atoms with E-state index in [1.165, 1.54) is 10.9 Å². The minimum atomic E-state index is 0. The standard InChI is InChI=1S/C22H15N5.CH4/c1-4-20-21(27-12-26-20)9-13(1)16-8-17-18(11-25-22(17)24-10-16)14-2-3-19-15(7-14)5-6-23-19;/h1-12,23H,(H,24,25)(H,26,27);1H4. The van der Waals surface area contributed by atoms with Gasteiger partial charge in [0, 0.05) is 40.6 Å². The summed E-state index contributed by atoms with van der Waals surface area (Å²) < 4.78 is 0. The van der Waals surface area contributed by atoms with E-state index in [4.69, 9.17) is 0 Å². The Morgan fingerprint density at radius 1 is 0.714 bits per heavy atom. The van der Waals surface area contributed by atoms with Crippen LogP contribution < -0.4 is 0 Å². The van der Waals surface area contributed by atoms with Crippen molar-refractivity contribution in [2.24, 2.45) is 0 Å². The van der Waals surface area contributed by atoms with Gasteiger partial charge in [0.2, 0.25) is 0 Å². The summed E-state index contributed by atoms with van der Waals surface area (Å²) in [6, 6.07) is 17.0. The lowest BCUT2D eigenvalue weighted by Crippen LogP contribution is -1.83. The van der Waals surface area contributed by atoms with Crippen LogP contribution in [0.1, 0.15) is 7.43 Å². The van der Waals surface area contributed by atoms with Crippen LogP contribution in [0.15, 0.2) is 73.4 Å². The molecule has 6 aromatic rings. The van der Waals surface area contributed by atoms with Gasteiger partial charge >= 0.3 is 0 Å². The summed E-state index contributed by atoms with van der Waals surface area (Å²) >= 11 is 0. The number of pyridine rings is 1. The number of rotatable bonds is 2. The van der Waals surface area contributed by atoms with Crippen LogP contribution in [0.5, 0.6) is 0 Å². The molecular formula is C23H19N5. The maximum Gasteiger partial charge on any atom is 0.137 e. The first-order valence-electron chi connectivity index (χ1n) is 8.83. The largest absolute Gasteiger partial charge is 0.361 e. The predicted octanol–water partition coefficient (Wildman–Crippen LogP) is 5.89. The number of benzene rings is 2. The average Bonchev–Trinajstić information content (AvgIpc) is 3.44. The number of nitrogens with zero attached hydrogens (tertiary/aromatic N) is 2. The first-order chi connectivity index (χ1) is 13.3. The summed E-state index contributed by atoms with van der Waals surface area (Å²) in [7, 11) is 0. The van der Waals surface area contributed by atoms with E-state index in [1.54, 1.807) is 6.33 Å². The van der Waals surface area contributed by atoms with E-state index in [9.17, 15) is 0 Å². The number of fused-ring (bicyclic) bond motifs is 3. The Bertz CT molecular complexity index is 1430. The van der Waals surface area contributed by atoms with Crippen LogP contribution in [0.25, 0.3) is 55.2 Å². The lowest BCUT2D eigenvalue weighted by Gasteiger charge is -2.04. The molecule has 5 heteroatoms. The molecule has 0 radical (unpaired) electrons. The molecule has 0 saturated heterocycles. The molecule has 0 fully saturated rings. The van der Waals surface area contributed by atoms with Crippen molar-refractivity contribution in [3.05, 3.63) is 73.4 Å². The molecule has 0 aliphatic carbocycles. The third kappa shape index (κ3) is 2.41. The Labute approximate surface area is 161 Å². The van der Waals surface area contributed by atoms with Crippen LogP contribution in [-0.4, -0.2) is 24.9 Å². The smallest absolute Gasteiger partial charge is 0.137 e. The van der Waals surface area contributed by atoms with E-state index in [1.807, 2.05) is 24.7 Å². The first-order valence-corrected chi connectivity index (χ1v) is 8.83. The zero-order valence-corrected chi connectivity index (χ0v) is 14.3. The maximum atomic E-state index is 4.64. The highest BCUT2D eigenvalue weighted by Crippen LogP contribution is 2.33. The zero-order chi connectivity index (χ0) is 17.8. The number of aromatic nitrogens is 5. The van der Waals surface area contributed by atoms with Gasteiger partial charge in [-0.3, -0.25) is 0 Å². The maximum absolute atomic E-state index is 4.64. The molecule has 0 bridgehead atoms.